The standard InChI is InChI=1S/C16H20O3/c17-16-8-13-6-7-14(15(13)11-19-16)10-18-9-12-4-2-1-3-5-12/h1-7,13-17H,8-11H2. The van der Waals surface area contributed by atoms with Gasteiger partial charge in [-0.15, -0.1) is 0 Å². The maximum Gasteiger partial charge on any atom is 0.155 e. The number of hydrogen-bond acceptors (Lipinski definition) is 3. The topological polar surface area (TPSA) is 38.7 Å². The molecule has 0 spiro atoms. The molecule has 1 aliphatic carbocycles. The summed E-state index contributed by atoms with van der Waals surface area (Å²) >= 11 is 0. The molecule has 0 aromatic heterocycles. The van der Waals surface area contributed by atoms with Gasteiger partial charge in [-0.25, -0.2) is 0 Å². The molecule has 0 amide bonds. The number of hydrogen-bond donors (Lipinski definition) is 1. The van der Waals surface area contributed by atoms with Gasteiger partial charge in [0.15, 0.2) is 6.29 Å². The highest BCUT2D eigenvalue weighted by Crippen LogP contribution is 2.37. The molecule has 2 aliphatic rings. The maximum absolute atomic E-state index is 9.48. The zero-order valence-corrected chi connectivity index (χ0v) is 10.9. The quantitative estimate of drug-likeness (QED) is 0.845. The zero-order valence-electron chi connectivity index (χ0n) is 10.9. The van der Waals surface area contributed by atoms with Crippen molar-refractivity contribution in [1.82, 2.24) is 0 Å². The lowest BCUT2D eigenvalue weighted by Gasteiger charge is -2.32. The van der Waals surface area contributed by atoms with Gasteiger partial charge in [-0.2, -0.15) is 0 Å². The largest absolute Gasteiger partial charge is 0.376 e. The van der Waals surface area contributed by atoms with Crippen LogP contribution in [0.4, 0.5) is 0 Å². The smallest absolute Gasteiger partial charge is 0.155 e. The van der Waals surface area contributed by atoms with Crippen LogP contribution in [-0.4, -0.2) is 24.6 Å². The van der Waals surface area contributed by atoms with Crippen molar-refractivity contribution in [2.75, 3.05) is 13.2 Å². The van der Waals surface area contributed by atoms with Crippen molar-refractivity contribution < 1.29 is 14.6 Å². The highest BCUT2D eigenvalue weighted by molar-refractivity contribution is 5.13. The van der Waals surface area contributed by atoms with Gasteiger partial charge in [0.05, 0.1) is 19.8 Å². The van der Waals surface area contributed by atoms with Crippen molar-refractivity contribution in [3.05, 3.63) is 48.0 Å². The highest BCUT2D eigenvalue weighted by atomic mass is 16.6. The van der Waals surface area contributed by atoms with Crippen LogP contribution in [0.3, 0.4) is 0 Å². The van der Waals surface area contributed by atoms with Gasteiger partial charge in [0.25, 0.3) is 0 Å². The van der Waals surface area contributed by atoms with Crippen LogP contribution in [-0.2, 0) is 16.1 Å². The molecule has 102 valence electrons. The third-order valence-corrected chi connectivity index (χ3v) is 4.08. The zero-order chi connectivity index (χ0) is 13.1. The van der Waals surface area contributed by atoms with E-state index in [1.807, 2.05) is 18.2 Å². The molecule has 1 aromatic carbocycles. The second-order valence-electron chi connectivity index (χ2n) is 5.40. The first-order valence-corrected chi connectivity index (χ1v) is 6.92. The van der Waals surface area contributed by atoms with Crippen molar-refractivity contribution in [3.63, 3.8) is 0 Å². The number of allylic oxidation sites excluding steroid dienone is 1. The minimum Gasteiger partial charge on any atom is -0.376 e. The summed E-state index contributed by atoms with van der Waals surface area (Å²) < 4.78 is 11.2. The Morgan fingerprint density at radius 1 is 1.21 bits per heavy atom. The van der Waals surface area contributed by atoms with Crippen molar-refractivity contribution in [2.24, 2.45) is 17.8 Å². The first-order valence-electron chi connectivity index (χ1n) is 6.92. The Labute approximate surface area is 113 Å². The van der Waals surface area contributed by atoms with Crippen LogP contribution >= 0.6 is 0 Å². The summed E-state index contributed by atoms with van der Waals surface area (Å²) in [7, 11) is 0. The van der Waals surface area contributed by atoms with Gasteiger partial charge < -0.3 is 14.6 Å². The predicted molar refractivity (Wildman–Crippen MR) is 72.3 cm³/mol. The summed E-state index contributed by atoms with van der Waals surface area (Å²) in [6, 6.07) is 10.2. The molecule has 19 heavy (non-hydrogen) atoms. The lowest BCUT2D eigenvalue weighted by molar-refractivity contribution is -0.157. The normalized spacial score (nSPS) is 33.3. The van der Waals surface area contributed by atoms with Crippen LogP contribution in [0.1, 0.15) is 12.0 Å². The van der Waals surface area contributed by atoms with Crippen molar-refractivity contribution in [3.8, 4) is 0 Å². The van der Waals surface area contributed by atoms with Gasteiger partial charge in [-0.1, -0.05) is 42.5 Å². The number of benzene rings is 1. The molecule has 4 atom stereocenters. The number of fused-ring (bicyclic) bond motifs is 1. The van der Waals surface area contributed by atoms with Crippen molar-refractivity contribution in [2.45, 2.75) is 19.3 Å². The first kappa shape index (κ1) is 12.9. The Balaban J connectivity index is 1.48. The fraction of sp³-hybridized carbons (Fsp3) is 0.500. The number of rotatable bonds is 4. The highest BCUT2D eigenvalue weighted by Gasteiger charge is 2.36. The van der Waals surface area contributed by atoms with Crippen molar-refractivity contribution in [1.29, 1.82) is 0 Å². The van der Waals surface area contributed by atoms with E-state index in [9.17, 15) is 5.11 Å². The minimum atomic E-state index is -0.588. The van der Waals surface area contributed by atoms with Crippen LogP contribution < -0.4 is 0 Å². The Morgan fingerprint density at radius 3 is 2.89 bits per heavy atom. The van der Waals surface area contributed by atoms with Crippen LogP contribution in [0.25, 0.3) is 0 Å². The summed E-state index contributed by atoms with van der Waals surface area (Å²) in [4.78, 5) is 0. The van der Waals surface area contributed by atoms with Gasteiger partial charge in [0.1, 0.15) is 0 Å². The second-order valence-corrected chi connectivity index (χ2v) is 5.40. The summed E-state index contributed by atoms with van der Waals surface area (Å²) in [6.07, 6.45) is 4.57. The Morgan fingerprint density at radius 2 is 2.05 bits per heavy atom. The van der Waals surface area contributed by atoms with Crippen molar-refractivity contribution >= 4 is 0 Å². The lowest BCUT2D eigenvalue weighted by Crippen LogP contribution is -2.34. The molecule has 0 radical (unpaired) electrons. The minimum absolute atomic E-state index is 0.418. The molecule has 1 N–H and O–H groups in total. The molecule has 3 heteroatoms. The number of aliphatic hydroxyl groups is 1. The molecule has 1 saturated heterocycles. The SMILES string of the molecule is OC1CC2C=CC(COCc3ccccc3)C2CO1. The van der Waals surface area contributed by atoms with Crippen LogP contribution in [0, 0.1) is 17.8 Å². The van der Waals surface area contributed by atoms with E-state index >= 15 is 0 Å². The van der Waals surface area contributed by atoms with Crippen LogP contribution in [0.15, 0.2) is 42.5 Å². The van der Waals surface area contributed by atoms with Gasteiger partial charge in [0.2, 0.25) is 0 Å². The number of ether oxygens (including phenoxy) is 2. The molecule has 1 fully saturated rings. The molecule has 1 aliphatic heterocycles. The van der Waals surface area contributed by atoms with Gasteiger partial charge in [0, 0.05) is 12.3 Å². The van der Waals surface area contributed by atoms with E-state index in [1.165, 1.54) is 5.56 Å². The molecule has 4 unspecified atom stereocenters. The summed E-state index contributed by atoms with van der Waals surface area (Å²) in [5.74, 6) is 1.34. The molecule has 1 heterocycles. The van der Waals surface area contributed by atoms with Gasteiger partial charge in [-0.3, -0.25) is 0 Å². The average Bonchev–Trinajstić information content (AvgIpc) is 2.82. The Hall–Kier alpha value is -1.16. The summed E-state index contributed by atoms with van der Waals surface area (Å²) in [5.41, 5.74) is 1.20. The van der Waals surface area contributed by atoms with E-state index in [1.54, 1.807) is 0 Å². The fourth-order valence-corrected chi connectivity index (χ4v) is 2.98. The van der Waals surface area contributed by atoms with E-state index in [0.717, 1.165) is 13.0 Å². The monoisotopic (exact) mass is 260 g/mol. The molecular formula is C16H20O3. The number of aliphatic hydroxyl groups excluding tert-OH is 1. The molecular weight excluding hydrogens is 240 g/mol. The Kier molecular flexibility index (Phi) is 3.97. The fourth-order valence-electron chi connectivity index (χ4n) is 2.98. The van der Waals surface area contributed by atoms with E-state index in [4.69, 9.17) is 9.47 Å². The van der Waals surface area contributed by atoms with Crippen LogP contribution in [0.2, 0.25) is 0 Å². The van der Waals surface area contributed by atoms with Gasteiger partial charge in [-0.05, 0) is 17.4 Å². The maximum atomic E-state index is 9.48. The molecule has 3 nitrogen and oxygen atoms in total. The Bertz CT molecular complexity index is 429. The van der Waals surface area contributed by atoms with E-state index in [-0.39, 0.29) is 0 Å². The van der Waals surface area contributed by atoms with E-state index in [2.05, 4.69) is 24.3 Å². The summed E-state index contributed by atoms with van der Waals surface area (Å²) in [6.45, 7) is 2.02. The molecule has 0 bridgehead atoms. The third kappa shape index (κ3) is 3.06. The van der Waals surface area contributed by atoms with E-state index in [0.29, 0.717) is 31.0 Å². The molecule has 1 aromatic rings. The van der Waals surface area contributed by atoms with E-state index < -0.39 is 6.29 Å². The first-order chi connectivity index (χ1) is 9.33. The third-order valence-electron chi connectivity index (χ3n) is 4.08. The van der Waals surface area contributed by atoms with Crippen LogP contribution in [0.5, 0.6) is 0 Å². The molecule has 3 rings (SSSR count). The predicted octanol–water partition coefficient (Wildman–Crippen LogP) is 2.36. The second kappa shape index (κ2) is 5.87. The van der Waals surface area contributed by atoms with Gasteiger partial charge >= 0.3 is 0 Å². The lowest BCUT2D eigenvalue weighted by atomic mass is 9.85. The molecule has 0 saturated carbocycles. The average molecular weight is 260 g/mol. The summed E-state index contributed by atoms with van der Waals surface area (Å²) in [5, 5.41) is 9.48.